The van der Waals surface area contributed by atoms with E-state index in [1.807, 2.05) is 37.3 Å². The van der Waals surface area contributed by atoms with E-state index in [0.717, 1.165) is 36.0 Å². The number of rotatable bonds is 6. The molecule has 1 aliphatic carbocycles. The summed E-state index contributed by atoms with van der Waals surface area (Å²) in [5.74, 6) is 1.74. The molecule has 2 aromatic carbocycles. The van der Waals surface area contributed by atoms with Gasteiger partial charge in [0, 0.05) is 24.0 Å². The number of benzene rings is 2. The fraction of sp³-hybridized carbons (Fsp3) is 0.261. The van der Waals surface area contributed by atoms with Gasteiger partial charge in [-0.15, -0.1) is 0 Å². The van der Waals surface area contributed by atoms with Crippen LogP contribution in [0.5, 0.6) is 0 Å². The van der Waals surface area contributed by atoms with Crippen LogP contribution in [0.15, 0.2) is 53.6 Å². The molecule has 4 nitrogen and oxygen atoms in total. The van der Waals surface area contributed by atoms with Crippen molar-refractivity contribution in [1.29, 1.82) is 0 Å². The van der Waals surface area contributed by atoms with Gasteiger partial charge in [0.1, 0.15) is 0 Å². The second-order valence-corrected chi connectivity index (χ2v) is 6.97. The molecule has 1 heterocycles. The summed E-state index contributed by atoms with van der Waals surface area (Å²) in [5.41, 5.74) is 5.27. The van der Waals surface area contributed by atoms with Crippen molar-refractivity contribution in [2.75, 3.05) is 0 Å². The fourth-order valence-corrected chi connectivity index (χ4v) is 3.75. The number of fused-ring (bicyclic) bond motifs is 1. The predicted octanol–water partition coefficient (Wildman–Crippen LogP) is 5.24. The lowest BCUT2D eigenvalue weighted by atomic mass is 9.92. The number of nitrogens with zero attached hydrogens (tertiary/aromatic N) is 2. The minimum atomic E-state index is 0.186. The molecule has 0 fully saturated rings. The van der Waals surface area contributed by atoms with Crippen molar-refractivity contribution in [3.63, 3.8) is 0 Å². The van der Waals surface area contributed by atoms with E-state index in [4.69, 9.17) is 4.52 Å². The number of ketones is 1. The Morgan fingerprint density at radius 3 is 2.96 bits per heavy atom. The van der Waals surface area contributed by atoms with E-state index in [0.29, 0.717) is 18.1 Å². The van der Waals surface area contributed by atoms with E-state index in [1.54, 1.807) is 6.08 Å². The Balaban J connectivity index is 1.53. The molecule has 1 atom stereocenters. The highest BCUT2D eigenvalue weighted by Crippen LogP contribution is 2.38. The highest BCUT2D eigenvalue weighted by atomic mass is 16.5. The molecule has 1 aliphatic rings. The number of carbonyl (C=O) groups is 1. The third-order valence-corrected chi connectivity index (χ3v) is 5.25. The van der Waals surface area contributed by atoms with Crippen LogP contribution in [-0.4, -0.2) is 15.9 Å². The van der Waals surface area contributed by atoms with Crippen LogP contribution in [0, 0.1) is 0 Å². The molecule has 0 N–H and O–H groups in total. The van der Waals surface area contributed by atoms with Gasteiger partial charge in [-0.1, -0.05) is 55.1 Å². The zero-order chi connectivity index (χ0) is 18.8. The van der Waals surface area contributed by atoms with Crippen molar-refractivity contribution < 1.29 is 9.32 Å². The van der Waals surface area contributed by atoms with Crippen LogP contribution in [0.1, 0.15) is 58.6 Å². The van der Waals surface area contributed by atoms with Gasteiger partial charge < -0.3 is 4.52 Å². The van der Waals surface area contributed by atoms with E-state index in [-0.39, 0.29) is 11.7 Å². The predicted molar refractivity (Wildman–Crippen MR) is 106 cm³/mol. The van der Waals surface area contributed by atoms with Gasteiger partial charge in [0.15, 0.2) is 5.78 Å². The third kappa shape index (κ3) is 3.47. The molecule has 4 heteroatoms. The first-order valence-electron chi connectivity index (χ1n) is 9.39. The summed E-state index contributed by atoms with van der Waals surface area (Å²) in [4.78, 5) is 17.1. The summed E-state index contributed by atoms with van der Waals surface area (Å²) in [5, 5.41) is 4.06. The van der Waals surface area contributed by atoms with Crippen molar-refractivity contribution in [1.82, 2.24) is 10.1 Å². The molecule has 0 radical (unpaired) electrons. The van der Waals surface area contributed by atoms with Gasteiger partial charge in [-0.3, -0.25) is 4.79 Å². The number of hydrogen-bond donors (Lipinski definition) is 0. The van der Waals surface area contributed by atoms with Gasteiger partial charge in [0.25, 0.3) is 0 Å². The molecule has 27 heavy (non-hydrogen) atoms. The number of hydrogen-bond acceptors (Lipinski definition) is 4. The standard InChI is InChI=1S/C23H22N2O2/c1-3-15-6-5-7-18(12-15)21(26)14-17-9-8-16-13-19(10-11-20(16)17)23-24-22(4-2)27-25-23/h3,5-7,10-13,17H,1,4,8-9,14H2,2H3/t17-/m0/s1. The summed E-state index contributed by atoms with van der Waals surface area (Å²) in [6.45, 7) is 5.77. The Morgan fingerprint density at radius 2 is 2.19 bits per heavy atom. The van der Waals surface area contributed by atoms with Gasteiger partial charge in [0.2, 0.25) is 11.7 Å². The van der Waals surface area contributed by atoms with Crippen LogP contribution >= 0.6 is 0 Å². The van der Waals surface area contributed by atoms with Crippen LogP contribution in [0.3, 0.4) is 0 Å². The van der Waals surface area contributed by atoms with E-state index in [9.17, 15) is 4.79 Å². The fourth-order valence-electron chi connectivity index (χ4n) is 3.75. The Kier molecular flexibility index (Phi) is 4.71. The molecule has 0 spiro atoms. The Hall–Kier alpha value is -3.01. The number of aromatic nitrogens is 2. The van der Waals surface area contributed by atoms with Gasteiger partial charge in [0.05, 0.1) is 0 Å². The first-order valence-corrected chi connectivity index (χ1v) is 9.39. The van der Waals surface area contributed by atoms with Crippen LogP contribution in [0.4, 0.5) is 0 Å². The molecule has 0 amide bonds. The number of aryl methyl sites for hydroxylation is 2. The average Bonchev–Trinajstić information content (AvgIpc) is 3.35. The molecule has 0 saturated heterocycles. The number of carbonyl (C=O) groups excluding carboxylic acids is 1. The molecule has 0 bridgehead atoms. The molecule has 1 aromatic heterocycles. The molecular formula is C23H22N2O2. The average molecular weight is 358 g/mol. The lowest BCUT2D eigenvalue weighted by Gasteiger charge is -2.11. The quantitative estimate of drug-likeness (QED) is 0.565. The van der Waals surface area contributed by atoms with Gasteiger partial charge in [-0.05, 0) is 47.6 Å². The molecule has 136 valence electrons. The second kappa shape index (κ2) is 7.31. The molecule has 4 rings (SSSR count). The van der Waals surface area contributed by atoms with Gasteiger partial charge >= 0.3 is 0 Å². The highest BCUT2D eigenvalue weighted by molar-refractivity contribution is 5.97. The van der Waals surface area contributed by atoms with Crippen LogP contribution in [0.2, 0.25) is 0 Å². The normalized spacial score (nSPS) is 15.5. The van der Waals surface area contributed by atoms with Crippen molar-refractivity contribution in [3.05, 3.63) is 77.2 Å². The summed E-state index contributed by atoms with van der Waals surface area (Å²) < 4.78 is 5.22. The van der Waals surface area contributed by atoms with E-state index in [1.165, 1.54) is 11.1 Å². The maximum Gasteiger partial charge on any atom is 0.226 e. The summed E-state index contributed by atoms with van der Waals surface area (Å²) >= 11 is 0. The second-order valence-electron chi connectivity index (χ2n) is 6.97. The molecule has 0 unspecified atom stereocenters. The van der Waals surface area contributed by atoms with Crippen molar-refractivity contribution >= 4 is 11.9 Å². The minimum Gasteiger partial charge on any atom is -0.339 e. The van der Waals surface area contributed by atoms with Gasteiger partial charge in [-0.2, -0.15) is 4.98 Å². The SMILES string of the molecule is C=Cc1cccc(C(=O)C[C@@H]2CCc3cc(-c4noc(CC)n4)ccc32)c1. The topological polar surface area (TPSA) is 56.0 Å². The molecule has 0 saturated carbocycles. The summed E-state index contributed by atoms with van der Waals surface area (Å²) in [7, 11) is 0. The Labute approximate surface area is 158 Å². The first kappa shape index (κ1) is 17.4. The molecule has 3 aromatic rings. The van der Waals surface area contributed by atoms with Crippen molar-refractivity contribution in [2.24, 2.45) is 0 Å². The van der Waals surface area contributed by atoms with Crippen LogP contribution in [0.25, 0.3) is 17.5 Å². The molecular weight excluding hydrogens is 336 g/mol. The smallest absolute Gasteiger partial charge is 0.226 e. The summed E-state index contributed by atoms with van der Waals surface area (Å²) in [6.07, 6.45) is 5.01. The minimum absolute atomic E-state index is 0.186. The number of Topliss-reactive ketones (excluding diaryl/α,β-unsaturated/α-hetero) is 1. The zero-order valence-corrected chi connectivity index (χ0v) is 15.4. The zero-order valence-electron chi connectivity index (χ0n) is 15.4. The lowest BCUT2D eigenvalue weighted by molar-refractivity contribution is 0.0973. The van der Waals surface area contributed by atoms with Crippen molar-refractivity contribution in [3.8, 4) is 11.4 Å². The van der Waals surface area contributed by atoms with E-state index >= 15 is 0 Å². The highest BCUT2D eigenvalue weighted by Gasteiger charge is 2.26. The first-order chi connectivity index (χ1) is 13.2. The van der Waals surface area contributed by atoms with E-state index < -0.39 is 0 Å². The summed E-state index contributed by atoms with van der Waals surface area (Å²) in [6, 6.07) is 14.0. The molecule has 0 aliphatic heterocycles. The van der Waals surface area contributed by atoms with Crippen LogP contribution in [-0.2, 0) is 12.8 Å². The lowest BCUT2D eigenvalue weighted by Crippen LogP contribution is -2.05. The van der Waals surface area contributed by atoms with Crippen LogP contribution < -0.4 is 0 Å². The monoisotopic (exact) mass is 358 g/mol. The van der Waals surface area contributed by atoms with Gasteiger partial charge in [-0.25, -0.2) is 0 Å². The maximum absolute atomic E-state index is 12.7. The Morgan fingerprint density at radius 1 is 1.30 bits per heavy atom. The third-order valence-electron chi connectivity index (χ3n) is 5.25. The van der Waals surface area contributed by atoms with Crippen molar-refractivity contribution in [2.45, 2.75) is 38.5 Å². The van der Waals surface area contributed by atoms with E-state index in [2.05, 4.69) is 28.9 Å². The largest absolute Gasteiger partial charge is 0.339 e. The Bertz CT molecular complexity index is 1000. The maximum atomic E-state index is 12.7.